The molecule has 0 saturated carbocycles. The minimum Gasteiger partial charge on any atom is -0.457 e. The van der Waals surface area contributed by atoms with Gasteiger partial charge in [-0.2, -0.15) is 0 Å². The summed E-state index contributed by atoms with van der Waals surface area (Å²) in [6.45, 7) is 6.93. The molecule has 3 heterocycles. The predicted molar refractivity (Wildman–Crippen MR) is 122 cm³/mol. The van der Waals surface area contributed by atoms with Crippen LogP contribution in [-0.2, 0) is 12.8 Å². The third-order valence-electron chi connectivity index (χ3n) is 6.32. The number of hydrogen-bond acceptors (Lipinski definition) is 4. The summed E-state index contributed by atoms with van der Waals surface area (Å²) in [6.07, 6.45) is 2.77. The van der Waals surface area contributed by atoms with E-state index in [0.29, 0.717) is 22.5 Å². The number of furan rings is 1. The number of amides is 1. The monoisotopic (exact) mass is 440 g/mol. The summed E-state index contributed by atoms with van der Waals surface area (Å²) in [5.41, 5.74) is 3.18. The molecule has 1 aliphatic heterocycles. The largest absolute Gasteiger partial charge is 0.457 e. The maximum Gasteiger partial charge on any atom is 0.256 e. The topological polar surface area (TPSA) is 54.3 Å². The Balaban J connectivity index is 1.42. The van der Waals surface area contributed by atoms with Gasteiger partial charge in [-0.15, -0.1) is 11.3 Å². The predicted octanol–water partition coefficient (Wildman–Crippen LogP) is 6.67. The summed E-state index contributed by atoms with van der Waals surface area (Å²) in [4.78, 5) is 14.4. The summed E-state index contributed by atoms with van der Waals surface area (Å²) in [6, 6.07) is 11.4. The molecule has 4 nitrogen and oxygen atoms in total. The van der Waals surface area contributed by atoms with Gasteiger partial charge in [0.15, 0.2) is 6.17 Å². The third kappa shape index (κ3) is 3.34. The van der Waals surface area contributed by atoms with E-state index in [-0.39, 0.29) is 17.5 Å². The zero-order chi connectivity index (χ0) is 21.0. The molecule has 0 fully saturated rings. The van der Waals surface area contributed by atoms with E-state index in [4.69, 9.17) is 16.0 Å². The van der Waals surface area contributed by atoms with Gasteiger partial charge in [0.2, 0.25) is 0 Å². The number of nitrogens with one attached hydrogen (secondary N) is 2. The first-order valence-corrected chi connectivity index (χ1v) is 11.6. The molecule has 2 aliphatic rings. The van der Waals surface area contributed by atoms with Crippen LogP contribution in [0.4, 0.5) is 5.00 Å². The van der Waals surface area contributed by atoms with Gasteiger partial charge in [0.05, 0.1) is 10.6 Å². The second-order valence-corrected chi connectivity index (χ2v) is 10.8. The van der Waals surface area contributed by atoms with Gasteiger partial charge in [-0.05, 0) is 60.4 Å². The van der Waals surface area contributed by atoms with E-state index in [1.165, 1.54) is 10.4 Å². The average molecular weight is 441 g/mol. The molecule has 30 heavy (non-hydrogen) atoms. The number of rotatable bonds is 2. The van der Waals surface area contributed by atoms with Crippen molar-refractivity contribution in [1.29, 1.82) is 0 Å². The number of carbonyl (C=O) groups excluding carboxylic acids is 1. The van der Waals surface area contributed by atoms with Gasteiger partial charge in [0.25, 0.3) is 5.91 Å². The van der Waals surface area contributed by atoms with Gasteiger partial charge in [0.1, 0.15) is 16.5 Å². The van der Waals surface area contributed by atoms with Gasteiger partial charge in [-0.3, -0.25) is 4.79 Å². The lowest BCUT2D eigenvalue weighted by atomic mass is 9.72. The Morgan fingerprint density at radius 3 is 2.70 bits per heavy atom. The fourth-order valence-electron chi connectivity index (χ4n) is 4.49. The summed E-state index contributed by atoms with van der Waals surface area (Å²) in [7, 11) is 0. The van der Waals surface area contributed by atoms with Crippen LogP contribution in [0, 0.1) is 11.3 Å². The van der Waals surface area contributed by atoms with Crippen molar-refractivity contribution in [2.45, 2.75) is 46.2 Å². The fraction of sp³-hybridized carbons (Fsp3) is 0.375. The van der Waals surface area contributed by atoms with Crippen molar-refractivity contribution < 1.29 is 9.21 Å². The molecule has 1 aromatic carbocycles. The smallest absolute Gasteiger partial charge is 0.256 e. The lowest BCUT2D eigenvalue weighted by Crippen LogP contribution is -2.38. The molecule has 5 rings (SSSR count). The van der Waals surface area contributed by atoms with E-state index in [1.54, 1.807) is 11.3 Å². The first kappa shape index (κ1) is 19.7. The molecule has 0 bridgehead atoms. The van der Waals surface area contributed by atoms with E-state index in [2.05, 4.69) is 31.4 Å². The Labute approximate surface area is 185 Å². The van der Waals surface area contributed by atoms with E-state index in [0.717, 1.165) is 35.4 Å². The molecule has 0 spiro atoms. The number of thiophene rings is 1. The molecule has 2 unspecified atom stereocenters. The Morgan fingerprint density at radius 2 is 1.93 bits per heavy atom. The average Bonchev–Trinajstić information content (AvgIpc) is 3.31. The molecule has 3 aromatic rings. The van der Waals surface area contributed by atoms with Crippen LogP contribution in [-0.4, -0.2) is 5.91 Å². The highest BCUT2D eigenvalue weighted by atomic mass is 35.5. The number of hydrogen-bond donors (Lipinski definition) is 2. The van der Waals surface area contributed by atoms with E-state index >= 15 is 0 Å². The molecule has 1 aliphatic carbocycles. The highest BCUT2D eigenvalue weighted by Gasteiger charge is 2.37. The molecule has 1 amide bonds. The van der Waals surface area contributed by atoms with Crippen molar-refractivity contribution in [2.75, 3.05) is 5.32 Å². The summed E-state index contributed by atoms with van der Waals surface area (Å²) in [5, 5.41) is 8.17. The number of halogens is 1. The van der Waals surface area contributed by atoms with Crippen LogP contribution in [0.1, 0.15) is 59.9 Å². The van der Waals surface area contributed by atoms with Gasteiger partial charge in [-0.1, -0.05) is 44.5 Å². The van der Waals surface area contributed by atoms with E-state index in [9.17, 15) is 4.79 Å². The van der Waals surface area contributed by atoms with Crippen molar-refractivity contribution in [3.63, 3.8) is 0 Å². The molecule has 0 saturated heterocycles. The first-order valence-electron chi connectivity index (χ1n) is 10.4. The molecule has 2 N–H and O–H groups in total. The van der Waals surface area contributed by atoms with Crippen LogP contribution in [0.3, 0.4) is 0 Å². The van der Waals surface area contributed by atoms with Gasteiger partial charge in [-0.25, -0.2) is 0 Å². The van der Waals surface area contributed by atoms with Gasteiger partial charge in [0, 0.05) is 10.4 Å². The lowest BCUT2D eigenvalue weighted by molar-refractivity contribution is 0.0930. The normalized spacial score (nSPS) is 20.9. The molecule has 2 aromatic heterocycles. The van der Waals surface area contributed by atoms with Crippen LogP contribution >= 0.6 is 22.9 Å². The minimum atomic E-state index is -0.389. The second-order valence-electron chi connectivity index (χ2n) is 9.25. The van der Waals surface area contributed by atoms with Gasteiger partial charge >= 0.3 is 0 Å². The Bertz CT molecular complexity index is 1120. The second kappa shape index (κ2) is 7.17. The fourth-order valence-corrected chi connectivity index (χ4v) is 6.08. The molecular formula is C24H25ClN2O2S. The third-order valence-corrected chi connectivity index (χ3v) is 7.83. The van der Waals surface area contributed by atoms with Crippen molar-refractivity contribution in [1.82, 2.24) is 5.32 Å². The van der Waals surface area contributed by atoms with Gasteiger partial charge < -0.3 is 15.1 Å². The number of anilines is 1. The Hall–Kier alpha value is -2.24. The lowest BCUT2D eigenvalue weighted by Gasteiger charge is -2.34. The van der Waals surface area contributed by atoms with Crippen LogP contribution in [0.25, 0.3) is 11.3 Å². The number of fused-ring (bicyclic) bond motifs is 3. The minimum absolute atomic E-state index is 0.0175. The Kier molecular flexibility index (Phi) is 4.71. The molecule has 0 radical (unpaired) electrons. The molecule has 2 atom stereocenters. The highest BCUT2D eigenvalue weighted by molar-refractivity contribution is 7.16. The van der Waals surface area contributed by atoms with Crippen molar-refractivity contribution >= 4 is 33.8 Å². The Morgan fingerprint density at radius 1 is 1.13 bits per heavy atom. The van der Waals surface area contributed by atoms with Crippen LogP contribution in [0.2, 0.25) is 5.02 Å². The first-order chi connectivity index (χ1) is 14.3. The van der Waals surface area contributed by atoms with Crippen LogP contribution in [0.15, 0.2) is 40.8 Å². The quantitative estimate of drug-likeness (QED) is 0.468. The zero-order valence-corrected chi connectivity index (χ0v) is 18.9. The van der Waals surface area contributed by atoms with E-state index < -0.39 is 0 Å². The summed E-state index contributed by atoms with van der Waals surface area (Å²) in [5.74, 6) is 1.99. The maximum atomic E-state index is 13.0. The van der Waals surface area contributed by atoms with E-state index in [1.807, 2.05) is 36.4 Å². The SMILES string of the molecule is CC(C)(C)C1CCc2c(sc3c2C(=O)NC(c2ccc(-c4ccccc4Cl)o2)N3)C1. The van der Waals surface area contributed by atoms with Crippen LogP contribution < -0.4 is 10.6 Å². The van der Waals surface area contributed by atoms with Crippen molar-refractivity contribution in [3.05, 3.63) is 63.2 Å². The van der Waals surface area contributed by atoms with Crippen molar-refractivity contribution in [2.24, 2.45) is 11.3 Å². The molecule has 156 valence electrons. The molecular weight excluding hydrogens is 416 g/mol. The molecule has 6 heteroatoms. The standard InChI is InChI=1S/C24H25ClN2O2S/c1-24(2,3)13-8-9-15-19(12-13)30-23-20(15)22(28)26-21(27-23)18-11-10-17(29-18)14-6-4-5-7-16(14)25/h4-7,10-11,13,21,27H,8-9,12H2,1-3H3,(H,26,28). The number of benzene rings is 1. The van der Waals surface area contributed by atoms with Crippen LogP contribution in [0.5, 0.6) is 0 Å². The maximum absolute atomic E-state index is 13.0. The highest BCUT2D eigenvalue weighted by Crippen LogP contribution is 2.46. The number of carbonyl (C=O) groups is 1. The summed E-state index contributed by atoms with van der Waals surface area (Å²) >= 11 is 8.03. The van der Waals surface area contributed by atoms with Crippen molar-refractivity contribution in [3.8, 4) is 11.3 Å². The summed E-state index contributed by atoms with van der Waals surface area (Å²) < 4.78 is 6.06. The zero-order valence-electron chi connectivity index (χ0n) is 17.3.